The summed E-state index contributed by atoms with van der Waals surface area (Å²) in [4.78, 5) is 0. The monoisotopic (exact) mass is 277 g/mol. The standard InChI is InChI=1S/C17H27NO2/c1-12-7-5-8-13(11-12)17(18-2)16-14(19-3)9-6-10-15(16)20-4/h6,9-10,12-13,17-18H,5,7-8,11H2,1-4H3. The summed E-state index contributed by atoms with van der Waals surface area (Å²) < 4.78 is 11.1. The molecule has 3 heteroatoms. The van der Waals surface area contributed by atoms with Gasteiger partial charge in [0.2, 0.25) is 0 Å². The largest absolute Gasteiger partial charge is 0.496 e. The van der Waals surface area contributed by atoms with E-state index in [1.165, 1.54) is 31.2 Å². The molecule has 3 nitrogen and oxygen atoms in total. The lowest BCUT2D eigenvalue weighted by molar-refractivity contribution is 0.223. The Balaban J connectivity index is 2.35. The Morgan fingerprint density at radius 1 is 1.15 bits per heavy atom. The van der Waals surface area contributed by atoms with Gasteiger partial charge >= 0.3 is 0 Å². The van der Waals surface area contributed by atoms with E-state index >= 15 is 0 Å². The molecule has 20 heavy (non-hydrogen) atoms. The lowest BCUT2D eigenvalue weighted by atomic mass is 9.76. The fourth-order valence-corrected chi connectivity index (χ4v) is 3.59. The second-order valence-electron chi connectivity index (χ2n) is 5.87. The number of nitrogens with one attached hydrogen (secondary N) is 1. The van der Waals surface area contributed by atoms with Gasteiger partial charge in [-0.3, -0.25) is 0 Å². The Bertz CT molecular complexity index is 411. The van der Waals surface area contributed by atoms with Gasteiger partial charge in [-0.25, -0.2) is 0 Å². The van der Waals surface area contributed by atoms with Crippen molar-refractivity contribution in [2.75, 3.05) is 21.3 Å². The minimum atomic E-state index is 0.295. The molecule has 1 fully saturated rings. The molecule has 2 rings (SSSR count). The second-order valence-corrected chi connectivity index (χ2v) is 5.87. The zero-order valence-corrected chi connectivity index (χ0v) is 13.1. The van der Waals surface area contributed by atoms with E-state index < -0.39 is 0 Å². The summed E-state index contributed by atoms with van der Waals surface area (Å²) in [5.41, 5.74) is 1.17. The van der Waals surface area contributed by atoms with E-state index in [1.54, 1.807) is 14.2 Å². The van der Waals surface area contributed by atoms with E-state index in [-0.39, 0.29) is 0 Å². The number of rotatable bonds is 5. The van der Waals surface area contributed by atoms with Crippen molar-refractivity contribution in [3.05, 3.63) is 23.8 Å². The minimum absolute atomic E-state index is 0.295. The first-order valence-corrected chi connectivity index (χ1v) is 7.59. The highest BCUT2D eigenvalue weighted by Gasteiger charge is 2.30. The smallest absolute Gasteiger partial charge is 0.127 e. The van der Waals surface area contributed by atoms with Crippen LogP contribution < -0.4 is 14.8 Å². The molecule has 0 bridgehead atoms. The third kappa shape index (κ3) is 3.09. The fraction of sp³-hybridized carbons (Fsp3) is 0.647. The van der Waals surface area contributed by atoms with Gasteiger partial charge in [0.25, 0.3) is 0 Å². The number of hydrogen-bond donors (Lipinski definition) is 1. The van der Waals surface area contributed by atoms with Crippen LogP contribution in [0.1, 0.15) is 44.2 Å². The van der Waals surface area contributed by atoms with Crippen molar-refractivity contribution in [2.24, 2.45) is 11.8 Å². The molecular formula is C17H27NO2. The van der Waals surface area contributed by atoms with E-state index in [2.05, 4.69) is 12.2 Å². The minimum Gasteiger partial charge on any atom is -0.496 e. The zero-order chi connectivity index (χ0) is 14.5. The zero-order valence-electron chi connectivity index (χ0n) is 13.1. The van der Waals surface area contributed by atoms with Gasteiger partial charge in [0.05, 0.1) is 19.8 Å². The van der Waals surface area contributed by atoms with Crippen molar-refractivity contribution < 1.29 is 9.47 Å². The van der Waals surface area contributed by atoms with Gasteiger partial charge in [-0.2, -0.15) is 0 Å². The molecule has 1 N–H and O–H groups in total. The molecule has 0 spiro atoms. The third-order valence-corrected chi connectivity index (χ3v) is 4.54. The molecule has 0 aliphatic heterocycles. The highest BCUT2D eigenvalue weighted by atomic mass is 16.5. The summed E-state index contributed by atoms with van der Waals surface area (Å²) in [5, 5.41) is 3.50. The van der Waals surface area contributed by atoms with Crippen LogP contribution in [0.15, 0.2) is 18.2 Å². The predicted octanol–water partition coefficient (Wildman–Crippen LogP) is 3.79. The second kappa shape index (κ2) is 6.98. The van der Waals surface area contributed by atoms with Crippen LogP contribution in [-0.2, 0) is 0 Å². The van der Waals surface area contributed by atoms with Crippen LogP contribution in [-0.4, -0.2) is 21.3 Å². The average molecular weight is 277 g/mol. The summed E-state index contributed by atoms with van der Waals surface area (Å²) in [6.07, 6.45) is 5.22. The van der Waals surface area contributed by atoms with Crippen LogP contribution in [0.25, 0.3) is 0 Å². The van der Waals surface area contributed by atoms with Crippen molar-refractivity contribution in [3.8, 4) is 11.5 Å². The number of hydrogen-bond acceptors (Lipinski definition) is 3. The molecule has 3 unspecified atom stereocenters. The van der Waals surface area contributed by atoms with Gasteiger partial charge in [-0.15, -0.1) is 0 Å². The normalized spacial score (nSPS) is 24.2. The van der Waals surface area contributed by atoms with E-state index in [9.17, 15) is 0 Å². The topological polar surface area (TPSA) is 30.5 Å². The van der Waals surface area contributed by atoms with E-state index in [0.717, 1.165) is 17.4 Å². The molecule has 1 saturated carbocycles. The summed E-state index contributed by atoms with van der Waals surface area (Å²) in [6, 6.07) is 6.32. The summed E-state index contributed by atoms with van der Waals surface area (Å²) >= 11 is 0. The van der Waals surface area contributed by atoms with E-state index in [1.807, 2.05) is 25.2 Å². The molecule has 0 amide bonds. The van der Waals surface area contributed by atoms with Crippen LogP contribution in [0.3, 0.4) is 0 Å². The molecule has 112 valence electrons. The van der Waals surface area contributed by atoms with Crippen molar-refractivity contribution >= 4 is 0 Å². The van der Waals surface area contributed by atoms with Crippen LogP contribution in [0.2, 0.25) is 0 Å². The lowest BCUT2D eigenvalue weighted by Gasteiger charge is -2.34. The van der Waals surface area contributed by atoms with E-state index in [0.29, 0.717) is 12.0 Å². The molecule has 1 aromatic rings. The number of ether oxygens (including phenoxy) is 2. The van der Waals surface area contributed by atoms with Crippen LogP contribution in [0.5, 0.6) is 11.5 Å². The predicted molar refractivity (Wildman–Crippen MR) is 82.5 cm³/mol. The van der Waals surface area contributed by atoms with Crippen LogP contribution in [0.4, 0.5) is 0 Å². The highest BCUT2D eigenvalue weighted by Crippen LogP contribution is 2.43. The SMILES string of the molecule is CNC(c1c(OC)cccc1OC)C1CCCC(C)C1. The Morgan fingerprint density at radius 3 is 2.30 bits per heavy atom. The Labute approximate surface area is 122 Å². The first-order chi connectivity index (χ1) is 9.71. The van der Waals surface area contributed by atoms with Crippen LogP contribution in [0, 0.1) is 11.8 Å². The van der Waals surface area contributed by atoms with Gasteiger partial charge in [-0.05, 0) is 43.9 Å². The maximum Gasteiger partial charge on any atom is 0.127 e. The molecule has 1 aromatic carbocycles. The van der Waals surface area contributed by atoms with E-state index in [4.69, 9.17) is 9.47 Å². The molecule has 1 aliphatic carbocycles. The Kier molecular flexibility index (Phi) is 5.30. The fourth-order valence-electron chi connectivity index (χ4n) is 3.59. The third-order valence-electron chi connectivity index (χ3n) is 4.54. The number of methoxy groups -OCH3 is 2. The Morgan fingerprint density at radius 2 is 1.80 bits per heavy atom. The first kappa shape index (κ1) is 15.2. The molecule has 3 atom stereocenters. The molecule has 1 aliphatic rings. The Hall–Kier alpha value is -1.22. The summed E-state index contributed by atoms with van der Waals surface area (Å²) in [5.74, 6) is 3.29. The highest BCUT2D eigenvalue weighted by molar-refractivity contribution is 5.47. The van der Waals surface area contributed by atoms with Crippen LogP contribution >= 0.6 is 0 Å². The van der Waals surface area contributed by atoms with Crippen molar-refractivity contribution in [1.29, 1.82) is 0 Å². The van der Waals surface area contributed by atoms with Gasteiger partial charge in [0, 0.05) is 6.04 Å². The molecular weight excluding hydrogens is 250 g/mol. The maximum atomic E-state index is 5.57. The number of benzene rings is 1. The lowest BCUT2D eigenvalue weighted by Crippen LogP contribution is -2.29. The van der Waals surface area contributed by atoms with Crippen molar-refractivity contribution in [3.63, 3.8) is 0 Å². The molecule has 0 saturated heterocycles. The molecule has 0 aromatic heterocycles. The molecule has 0 heterocycles. The summed E-state index contributed by atoms with van der Waals surface area (Å²) in [7, 11) is 5.50. The molecule has 0 radical (unpaired) electrons. The first-order valence-electron chi connectivity index (χ1n) is 7.59. The summed E-state index contributed by atoms with van der Waals surface area (Å²) in [6.45, 7) is 2.36. The van der Waals surface area contributed by atoms with Crippen molar-refractivity contribution in [1.82, 2.24) is 5.32 Å². The maximum absolute atomic E-state index is 5.57. The van der Waals surface area contributed by atoms with Crippen molar-refractivity contribution in [2.45, 2.75) is 38.6 Å². The van der Waals surface area contributed by atoms with Gasteiger partial charge in [-0.1, -0.05) is 25.8 Å². The quantitative estimate of drug-likeness (QED) is 0.888. The van der Waals surface area contributed by atoms with Gasteiger partial charge in [0.15, 0.2) is 0 Å². The van der Waals surface area contributed by atoms with Gasteiger partial charge in [0.1, 0.15) is 11.5 Å². The van der Waals surface area contributed by atoms with Gasteiger partial charge < -0.3 is 14.8 Å². The average Bonchev–Trinajstić information content (AvgIpc) is 2.48.